The number of aliphatic carboxylic acids is 2. The molecule has 1 heterocycles. The van der Waals surface area contributed by atoms with Gasteiger partial charge in [0.25, 0.3) is 0 Å². The second-order valence-corrected chi connectivity index (χ2v) is 2.61. The van der Waals surface area contributed by atoms with Crippen LogP contribution in [0, 0.1) is 0 Å². The van der Waals surface area contributed by atoms with Crippen molar-refractivity contribution >= 4 is 11.9 Å². The lowest BCUT2D eigenvalue weighted by atomic mass is 10.0. The van der Waals surface area contributed by atoms with E-state index in [0.29, 0.717) is 5.69 Å². The first kappa shape index (κ1) is 9.31. The zero-order valence-electron chi connectivity index (χ0n) is 6.73. The highest BCUT2D eigenvalue weighted by molar-refractivity contribution is 5.81. The number of carboxylic acid groups (broad SMARTS) is 2. The molecule has 3 N–H and O–H groups in total. The average molecular weight is 183 g/mol. The minimum Gasteiger partial charge on any atom is -0.481 e. The van der Waals surface area contributed by atoms with Crippen molar-refractivity contribution in [3.8, 4) is 0 Å². The minimum atomic E-state index is -1.13. The van der Waals surface area contributed by atoms with Crippen molar-refractivity contribution in [2.75, 3.05) is 0 Å². The van der Waals surface area contributed by atoms with Crippen LogP contribution in [0.25, 0.3) is 0 Å². The molecule has 5 nitrogen and oxygen atoms in total. The molecule has 1 atom stereocenters. The van der Waals surface area contributed by atoms with Crippen LogP contribution in [0.4, 0.5) is 0 Å². The molecule has 1 unspecified atom stereocenters. The third-order valence-corrected chi connectivity index (χ3v) is 1.67. The van der Waals surface area contributed by atoms with Gasteiger partial charge in [0, 0.05) is 11.9 Å². The highest BCUT2D eigenvalue weighted by atomic mass is 16.4. The molecule has 1 aromatic rings. The lowest BCUT2D eigenvalue weighted by molar-refractivity contribution is -0.145. The van der Waals surface area contributed by atoms with E-state index in [-0.39, 0.29) is 0 Å². The second kappa shape index (κ2) is 3.75. The van der Waals surface area contributed by atoms with Crippen LogP contribution in [0.15, 0.2) is 18.3 Å². The predicted octanol–water partition coefficient (Wildman–Crippen LogP) is 0.658. The first-order chi connectivity index (χ1) is 6.11. The summed E-state index contributed by atoms with van der Waals surface area (Å²) in [4.78, 5) is 23.7. The van der Waals surface area contributed by atoms with E-state index in [1.807, 2.05) is 0 Å². The van der Waals surface area contributed by atoms with Crippen LogP contribution in [-0.4, -0.2) is 27.1 Å². The summed E-state index contributed by atoms with van der Waals surface area (Å²) in [6, 6.07) is 3.19. The fraction of sp³-hybridized carbons (Fsp3) is 0.250. The number of nitrogens with one attached hydrogen (secondary N) is 1. The van der Waals surface area contributed by atoms with E-state index in [0.717, 1.165) is 0 Å². The van der Waals surface area contributed by atoms with Crippen molar-refractivity contribution < 1.29 is 19.8 Å². The van der Waals surface area contributed by atoms with E-state index >= 15 is 0 Å². The predicted molar refractivity (Wildman–Crippen MR) is 43.4 cm³/mol. The van der Waals surface area contributed by atoms with Crippen molar-refractivity contribution in [1.29, 1.82) is 0 Å². The summed E-state index contributed by atoms with van der Waals surface area (Å²) < 4.78 is 0. The average Bonchev–Trinajstić information content (AvgIpc) is 2.50. The second-order valence-electron chi connectivity index (χ2n) is 2.61. The Kier molecular flexibility index (Phi) is 2.69. The van der Waals surface area contributed by atoms with Crippen LogP contribution in [-0.2, 0) is 9.59 Å². The molecule has 0 radical (unpaired) electrons. The summed E-state index contributed by atoms with van der Waals surface area (Å²) >= 11 is 0. The lowest BCUT2D eigenvalue weighted by Crippen LogP contribution is -2.16. The first-order valence-corrected chi connectivity index (χ1v) is 3.69. The molecule has 0 aliphatic rings. The van der Waals surface area contributed by atoms with E-state index in [4.69, 9.17) is 10.2 Å². The Morgan fingerprint density at radius 3 is 2.54 bits per heavy atom. The molecule has 70 valence electrons. The van der Waals surface area contributed by atoms with Gasteiger partial charge in [0.05, 0.1) is 6.42 Å². The fourth-order valence-corrected chi connectivity index (χ4v) is 1.07. The number of H-pyrrole nitrogens is 1. The van der Waals surface area contributed by atoms with Crippen LogP contribution in [0.1, 0.15) is 18.0 Å². The van der Waals surface area contributed by atoms with Gasteiger partial charge in [-0.05, 0) is 12.1 Å². The molecule has 1 aromatic heterocycles. The first-order valence-electron chi connectivity index (χ1n) is 3.69. The van der Waals surface area contributed by atoms with Gasteiger partial charge in [-0.1, -0.05) is 0 Å². The van der Waals surface area contributed by atoms with Gasteiger partial charge in [-0.2, -0.15) is 0 Å². The Hall–Kier alpha value is -1.78. The number of carbonyl (C=O) groups is 2. The zero-order chi connectivity index (χ0) is 9.84. The Bertz CT molecular complexity index is 304. The summed E-state index contributed by atoms with van der Waals surface area (Å²) in [5.74, 6) is -3.25. The van der Waals surface area contributed by atoms with Gasteiger partial charge in [0.1, 0.15) is 5.92 Å². The molecule has 0 saturated carbocycles. The quantitative estimate of drug-likeness (QED) is 0.639. The summed E-state index contributed by atoms with van der Waals surface area (Å²) in [5.41, 5.74) is 0.412. The van der Waals surface area contributed by atoms with E-state index in [2.05, 4.69) is 4.98 Å². The molecule has 0 fully saturated rings. The van der Waals surface area contributed by atoms with Gasteiger partial charge >= 0.3 is 11.9 Å². The van der Waals surface area contributed by atoms with Gasteiger partial charge in [0.15, 0.2) is 0 Å². The molecule has 0 aromatic carbocycles. The van der Waals surface area contributed by atoms with E-state index < -0.39 is 24.3 Å². The van der Waals surface area contributed by atoms with Gasteiger partial charge in [-0.25, -0.2) is 0 Å². The molecule has 1 rings (SSSR count). The Balaban J connectivity index is 2.81. The number of hydrogen-bond donors (Lipinski definition) is 3. The lowest BCUT2D eigenvalue weighted by Gasteiger charge is -2.06. The Labute approximate surface area is 74.0 Å². The van der Waals surface area contributed by atoms with Crippen molar-refractivity contribution in [2.24, 2.45) is 0 Å². The molecule has 0 aliphatic carbocycles. The largest absolute Gasteiger partial charge is 0.481 e. The molecule has 0 bridgehead atoms. The number of aromatic amines is 1. The SMILES string of the molecule is O=C(O)CC(C(=O)O)c1ccc[nH]1. The minimum absolute atomic E-state index is 0.407. The van der Waals surface area contributed by atoms with Crippen LogP contribution in [0.5, 0.6) is 0 Å². The smallest absolute Gasteiger partial charge is 0.313 e. The van der Waals surface area contributed by atoms with Crippen LogP contribution in [0.3, 0.4) is 0 Å². The number of rotatable bonds is 4. The van der Waals surface area contributed by atoms with Crippen molar-refractivity contribution in [3.05, 3.63) is 24.0 Å². The molecule has 0 spiro atoms. The monoisotopic (exact) mass is 183 g/mol. The topological polar surface area (TPSA) is 90.4 Å². The van der Waals surface area contributed by atoms with Crippen molar-refractivity contribution in [1.82, 2.24) is 4.98 Å². The number of hydrogen-bond acceptors (Lipinski definition) is 2. The maximum Gasteiger partial charge on any atom is 0.313 e. The van der Waals surface area contributed by atoms with Crippen molar-refractivity contribution in [3.63, 3.8) is 0 Å². The third-order valence-electron chi connectivity index (χ3n) is 1.67. The standard InChI is InChI=1S/C8H9NO4/c10-7(11)4-5(8(12)13)6-2-1-3-9-6/h1-3,5,9H,4H2,(H,10,11)(H,12,13). The molecule has 5 heteroatoms. The highest BCUT2D eigenvalue weighted by Crippen LogP contribution is 2.17. The van der Waals surface area contributed by atoms with Gasteiger partial charge in [-0.3, -0.25) is 9.59 Å². The maximum atomic E-state index is 10.7. The van der Waals surface area contributed by atoms with Crippen LogP contribution < -0.4 is 0 Å². The number of aromatic nitrogens is 1. The van der Waals surface area contributed by atoms with E-state index in [1.165, 1.54) is 0 Å². The molecule has 0 amide bonds. The molecule has 0 saturated heterocycles. The molecule has 0 aliphatic heterocycles. The molecular formula is C8H9NO4. The summed E-state index contributed by atoms with van der Waals surface area (Å²) in [6.45, 7) is 0. The van der Waals surface area contributed by atoms with Crippen LogP contribution >= 0.6 is 0 Å². The van der Waals surface area contributed by atoms with Crippen molar-refractivity contribution in [2.45, 2.75) is 12.3 Å². The van der Waals surface area contributed by atoms with Gasteiger partial charge in [0.2, 0.25) is 0 Å². The van der Waals surface area contributed by atoms with Gasteiger partial charge < -0.3 is 15.2 Å². The molecule has 13 heavy (non-hydrogen) atoms. The summed E-state index contributed by atoms with van der Waals surface area (Å²) in [6.07, 6.45) is 1.16. The molecular weight excluding hydrogens is 174 g/mol. The van der Waals surface area contributed by atoms with Crippen LogP contribution in [0.2, 0.25) is 0 Å². The maximum absolute atomic E-state index is 10.7. The Morgan fingerprint density at radius 2 is 2.15 bits per heavy atom. The number of carboxylic acids is 2. The van der Waals surface area contributed by atoms with E-state index in [1.54, 1.807) is 18.3 Å². The third kappa shape index (κ3) is 2.33. The van der Waals surface area contributed by atoms with E-state index in [9.17, 15) is 9.59 Å². The highest BCUT2D eigenvalue weighted by Gasteiger charge is 2.23. The summed E-state index contributed by atoms with van der Waals surface area (Å²) in [5, 5.41) is 17.2. The zero-order valence-corrected chi connectivity index (χ0v) is 6.73. The normalized spacial score (nSPS) is 12.3. The Morgan fingerprint density at radius 1 is 1.46 bits per heavy atom. The fourth-order valence-electron chi connectivity index (χ4n) is 1.07. The summed E-state index contributed by atoms with van der Waals surface area (Å²) in [7, 11) is 0. The van der Waals surface area contributed by atoms with Gasteiger partial charge in [-0.15, -0.1) is 0 Å².